The van der Waals surface area contributed by atoms with Crippen LogP contribution in [-0.2, 0) is 11.3 Å². The maximum absolute atomic E-state index is 12.0. The molecule has 0 amide bonds. The molecule has 6 heteroatoms. The molecule has 0 radical (unpaired) electrons. The van der Waals surface area contributed by atoms with E-state index in [2.05, 4.69) is 22.9 Å². The molecule has 0 fully saturated rings. The number of ether oxygens (including phenoxy) is 1. The first kappa shape index (κ1) is 15.3. The number of nitrogens with one attached hydrogen (secondary N) is 1. The Balaban J connectivity index is 2.63. The lowest BCUT2D eigenvalue weighted by Crippen LogP contribution is -2.26. The molecular formula is C13H16ClN3O2. The SMILES string of the molecule is C#CCn1ncc(Cl)c(NCCOCC(=C)C)c1=O. The molecule has 1 heterocycles. The molecule has 0 saturated carbocycles. The number of hydrogen-bond acceptors (Lipinski definition) is 4. The first-order chi connectivity index (χ1) is 9.06. The third kappa shape index (κ3) is 4.78. The van der Waals surface area contributed by atoms with Crippen LogP contribution in [0.4, 0.5) is 5.69 Å². The van der Waals surface area contributed by atoms with Gasteiger partial charge in [0.25, 0.3) is 5.56 Å². The molecule has 1 rings (SSSR count). The van der Waals surface area contributed by atoms with Gasteiger partial charge >= 0.3 is 0 Å². The van der Waals surface area contributed by atoms with Crippen molar-refractivity contribution in [2.45, 2.75) is 13.5 Å². The lowest BCUT2D eigenvalue weighted by Gasteiger charge is -2.09. The van der Waals surface area contributed by atoms with Gasteiger partial charge in [0, 0.05) is 6.54 Å². The third-order valence-corrected chi connectivity index (χ3v) is 2.42. The molecule has 19 heavy (non-hydrogen) atoms. The summed E-state index contributed by atoms with van der Waals surface area (Å²) in [6, 6.07) is 0. The molecule has 0 aliphatic heterocycles. The van der Waals surface area contributed by atoms with E-state index in [1.165, 1.54) is 10.9 Å². The van der Waals surface area contributed by atoms with Gasteiger partial charge in [0.1, 0.15) is 12.2 Å². The van der Waals surface area contributed by atoms with Gasteiger partial charge in [-0.1, -0.05) is 29.7 Å². The first-order valence-electron chi connectivity index (χ1n) is 5.71. The molecule has 0 atom stereocenters. The second-order valence-corrected chi connectivity index (χ2v) is 4.38. The van der Waals surface area contributed by atoms with E-state index in [0.717, 1.165) is 5.57 Å². The minimum Gasteiger partial charge on any atom is -0.377 e. The maximum Gasteiger partial charge on any atom is 0.292 e. The Morgan fingerprint density at radius 3 is 3.11 bits per heavy atom. The van der Waals surface area contributed by atoms with Crippen molar-refractivity contribution in [2.75, 3.05) is 25.1 Å². The Labute approximate surface area is 117 Å². The zero-order chi connectivity index (χ0) is 14.3. The second-order valence-electron chi connectivity index (χ2n) is 3.97. The highest BCUT2D eigenvalue weighted by molar-refractivity contribution is 6.32. The van der Waals surface area contributed by atoms with Gasteiger partial charge in [-0.15, -0.1) is 6.42 Å². The van der Waals surface area contributed by atoms with E-state index in [1.54, 1.807) is 0 Å². The van der Waals surface area contributed by atoms with Crippen LogP contribution in [0.15, 0.2) is 23.1 Å². The second kappa shape index (κ2) is 7.62. The van der Waals surface area contributed by atoms with Gasteiger partial charge in [0.2, 0.25) is 0 Å². The smallest absolute Gasteiger partial charge is 0.292 e. The van der Waals surface area contributed by atoms with Crippen LogP contribution in [-0.4, -0.2) is 29.5 Å². The summed E-state index contributed by atoms with van der Waals surface area (Å²) in [5.74, 6) is 2.36. The average molecular weight is 282 g/mol. The van der Waals surface area contributed by atoms with Gasteiger partial charge in [-0.25, -0.2) is 4.68 Å². The summed E-state index contributed by atoms with van der Waals surface area (Å²) in [6.07, 6.45) is 6.54. The Morgan fingerprint density at radius 2 is 2.47 bits per heavy atom. The summed E-state index contributed by atoms with van der Waals surface area (Å²) in [5, 5.41) is 7.03. The van der Waals surface area contributed by atoms with Crippen LogP contribution < -0.4 is 10.9 Å². The van der Waals surface area contributed by atoms with Crippen LogP contribution in [0, 0.1) is 12.3 Å². The number of aromatic nitrogens is 2. The Hall–Kier alpha value is -1.77. The van der Waals surface area contributed by atoms with E-state index >= 15 is 0 Å². The molecule has 1 N–H and O–H groups in total. The summed E-state index contributed by atoms with van der Waals surface area (Å²) < 4.78 is 6.48. The van der Waals surface area contributed by atoms with Crippen molar-refractivity contribution in [1.82, 2.24) is 9.78 Å². The van der Waals surface area contributed by atoms with Gasteiger partial charge in [-0.05, 0) is 6.92 Å². The predicted octanol–water partition coefficient (Wildman–Crippen LogP) is 1.53. The van der Waals surface area contributed by atoms with Crippen molar-refractivity contribution in [3.63, 3.8) is 0 Å². The van der Waals surface area contributed by atoms with Crippen molar-refractivity contribution in [3.05, 3.63) is 33.7 Å². The third-order valence-electron chi connectivity index (χ3n) is 2.14. The largest absolute Gasteiger partial charge is 0.377 e. The summed E-state index contributed by atoms with van der Waals surface area (Å²) in [6.45, 7) is 7.11. The van der Waals surface area contributed by atoms with Crippen molar-refractivity contribution in [1.29, 1.82) is 0 Å². The van der Waals surface area contributed by atoms with Crippen LogP contribution in [0.3, 0.4) is 0 Å². The van der Waals surface area contributed by atoms with E-state index in [1.807, 2.05) is 6.92 Å². The molecular weight excluding hydrogens is 266 g/mol. The normalized spacial score (nSPS) is 9.95. The van der Waals surface area contributed by atoms with Crippen LogP contribution in [0.1, 0.15) is 6.92 Å². The summed E-state index contributed by atoms with van der Waals surface area (Å²) >= 11 is 5.92. The van der Waals surface area contributed by atoms with Crippen molar-refractivity contribution >= 4 is 17.3 Å². The number of nitrogens with zero attached hydrogens (tertiary/aromatic N) is 2. The highest BCUT2D eigenvalue weighted by Gasteiger charge is 2.08. The van der Waals surface area contributed by atoms with Gasteiger partial charge < -0.3 is 10.1 Å². The highest BCUT2D eigenvalue weighted by atomic mass is 35.5. The molecule has 1 aromatic heterocycles. The molecule has 0 aliphatic carbocycles. The number of hydrogen-bond donors (Lipinski definition) is 1. The van der Waals surface area contributed by atoms with Crippen molar-refractivity contribution < 1.29 is 4.74 Å². The van der Waals surface area contributed by atoms with Crippen LogP contribution in [0.5, 0.6) is 0 Å². The number of terminal acetylenes is 1. The number of rotatable bonds is 7. The molecule has 5 nitrogen and oxygen atoms in total. The molecule has 0 spiro atoms. The molecule has 0 saturated heterocycles. The van der Waals surface area contributed by atoms with E-state index in [4.69, 9.17) is 22.8 Å². The highest BCUT2D eigenvalue weighted by Crippen LogP contribution is 2.14. The molecule has 1 aromatic rings. The van der Waals surface area contributed by atoms with Crippen LogP contribution >= 0.6 is 11.6 Å². The molecule has 0 unspecified atom stereocenters. The first-order valence-corrected chi connectivity index (χ1v) is 6.09. The van der Waals surface area contributed by atoms with E-state index in [0.29, 0.717) is 19.8 Å². The average Bonchev–Trinajstić information content (AvgIpc) is 2.36. The zero-order valence-electron chi connectivity index (χ0n) is 10.8. The van der Waals surface area contributed by atoms with Gasteiger partial charge in [-0.3, -0.25) is 4.79 Å². The van der Waals surface area contributed by atoms with Gasteiger partial charge in [0.05, 0.1) is 24.4 Å². The fourth-order valence-corrected chi connectivity index (χ4v) is 1.51. The van der Waals surface area contributed by atoms with Crippen LogP contribution in [0.25, 0.3) is 0 Å². The molecule has 0 aliphatic rings. The summed E-state index contributed by atoms with van der Waals surface area (Å²) in [7, 11) is 0. The lowest BCUT2D eigenvalue weighted by molar-refractivity contribution is 0.167. The van der Waals surface area contributed by atoms with Gasteiger partial charge in [-0.2, -0.15) is 5.10 Å². The quantitative estimate of drug-likeness (QED) is 0.468. The predicted molar refractivity (Wildman–Crippen MR) is 76.5 cm³/mol. The summed E-state index contributed by atoms with van der Waals surface area (Å²) in [5.41, 5.74) is 0.884. The van der Waals surface area contributed by atoms with E-state index < -0.39 is 0 Å². The zero-order valence-corrected chi connectivity index (χ0v) is 11.5. The number of anilines is 1. The maximum atomic E-state index is 12.0. The lowest BCUT2D eigenvalue weighted by atomic mass is 10.4. The van der Waals surface area contributed by atoms with E-state index in [-0.39, 0.29) is 22.8 Å². The molecule has 0 bridgehead atoms. The topological polar surface area (TPSA) is 56.1 Å². The van der Waals surface area contributed by atoms with Gasteiger partial charge in [0.15, 0.2) is 0 Å². The molecule has 102 valence electrons. The van der Waals surface area contributed by atoms with Crippen LogP contribution in [0.2, 0.25) is 5.02 Å². The standard InChI is InChI=1S/C13H16ClN3O2/c1-4-6-17-13(18)12(11(14)8-16-17)15-5-7-19-9-10(2)3/h1,8,15H,2,5-7,9H2,3H3. The summed E-state index contributed by atoms with van der Waals surface area (Å²) in [4.78, 5) is 12.0. The fraction of sp³-hybridized carbons (Fsp3) is 0.385. The fourth-order valence-electron chi connectivity index (χ4n) is 1.32. The number of halogens is 1. The van der Waals surface area contributed by atoms with Crippen molar-refractivity contribution in [2.24, 2.45) is 0 Å². The monoisotopic (exact) mass is 281 g/mol. The minimum absolute atomic E-state index is 0.108. The van der Waals surface area contributed by atoms with E-state index in [9.17, 15) is 4.79 Å². The molecule has 0 aromatic carbocycles. The van der Waals surface area contributed by atoms with Crippen molar-refractivity contribution in [3.8, 4) is 12.3 Å². The Morgan fingerprint density at radius 1 is 1.74 bits per heavy atom. The Bertz CT molecular complexity index is 546. The minimum atomic E-state index is -0.342. The Kier molecular flexibility index (Phi) is 6.13.